The van der Waals surface area contributed by atoms with Crippen LogP contribution in [-0.2, 0) is 0 Å². The third-order valence-electron chi connectivity index (χ3n) is 2.83. The molecule has 0 amide bonds. The minimum atomic E-state index is -0.145. The van der Waals surface area contributed by atoms with Crippen molar-refractivity contribution in [3.05, 3.63) is 12.3 Å². The Morgan fingerprint density at radius 1 is 1.44 bits per heavy atom. The van der Waals surface area contributed by atoms with Crippen LogP contribution in [0, 0.1) is 0 Å². The number of halogens is 1. The molecule has 0 radical (unpaired) electrons. The Bertz CT molecular complexity index is 320. The van der Waals surface area contributed by atoms with Gasteiger partial charge in [0.25, 0.3) is 0 Å². The Morgan fingerprint density at radius 2 is 2.12 bits per heavy atom. The smallest absolute Gasteiger partial charge is 0.226 e. The van der Waals surface area contributed by atoms with Gasteiger partial charge < -0.3 is 10.1 Å². The van der Waals surface area contributed by atoms with E-state index in [1.54, 1.807) is 19.4 Å². The standard InChI is InChI=1S/C11H18ClN3O/c1-4-11(5-2,8-12)15-10-13-7-6-9(14-10)16-3/h6-7H,4-5,8H2,1-3H3,(H,13,14,15). The first-order valence-corrected chi connectivity index (χ1v) is 5.94. The Hall–Kier alpha value is -1.03. The third-order valence-corrected chi connectivity index (χ3v) is 3.34. The Morgan fingerprint density at radius 3 is 2.62 bits per heavy atom. The first-order chi connectivity index (χ1) is 7.69. The van der Waals surface area contributed by atoms with Crippen LogP contribution in [-0.4, -0.2) is 28.5 Å². The molecule has 4 nitrogen and oxygen atoms in total. The summed E-state index contributed by atoms with van der Waals surface area (Å²) in [5, 5.41) is 3.28. The summed E-state index contributed by atoms with van der Waals surface area (Å²) in [6.45, 7) is 4.19. The van der Waals surface area contributed by atoms with Gasteiger partial charge in [-0.15, -0.1) is 11.6 Å². The van der Waals surface area contributed by atoms with Crippen molar-refractivity contribution in [2.24, 2.45) is 0 Å². The second-order valence-electron chi connectivity index (χ2n) is 3.67. The van der Waals surface area contributed by atoms with Crippen LogP contribution in [0.1, 0.15) is 26.7 Å². The molecule has 0 atom stereocenters. The highest BCUT2D eigenvalue weighted by atomic mass is 35.5. The second-order valence-corrected chi connectivity index (χ2v) is 3.94. The van der Waals surface area contributed by atoms with Crippen molar-refractivity contribution >= 4 is 17.5 Å². The van der Waals surface area contributed by atoms with Gasteiger partial charge >= 0.3 is 0 Å². The van der Waals surface area contributed by atoms with E-state index in [9.17, 15) is 0 Å². The first kappa shape index (κ1) is 13.0. The molecule has 1 aromatic heterocycles. The maximum atomic E-state index is 6.00. The third kappa shape index (κ3) is 2.98. The number of rotatable bonds is 6. The van der Waals surface area contributed by atoms with E-state index < -0.39 is 0 Å². The summed E-state index contributed by atoms with van der Waals surface area (Å²) >= 11 is 6.00. The van der Waals surface area contributed by atoms with Crippen molar-refractivity contribution in [2.75, 3.05) is 18.3 Å². The van der Waals surface area contributed by atoms with Crippen molar-refractivity contribution in [3.8, 4) is 5.88 Å². The van der Waals surface area contributed by atoms with E-state index in [0.29, 0.717) is 17.7 Å². The average molecular weight is 244 g/mol. The van der Waals surface area contributed by atoms with E-state index >= 15 is 0 Å². The summed E-state index contributed by atoms with van der Waals surface area (Å²) in [6.07, 6.45) is 3.51. The number of alkyl halides is 1. The van der Waals surface area contributed by atoms with E-state index in [4.69, 9.17) is 16.3 Å². The van der Waals surface area contributed by atoms with E-state index in [0.717, 1.165) is 12.8 Å². The predicted molar refractivity (Wildman–Crippen MR) is 66.2 cm³/mol. The van der Waals surface area contributed by atoms with Crippen LogP contribution in [0.25, 0.3) is 0 Å². The molecule has 1 rings (SSSR count). The van der Waals surface area contributed by atoms with Gasteiger partial charge in [0.2, 0.25) is 11.8 Å². The lowest BCUT2D eigenvalue weighted by atomic mass is 9.95. The minimum absolute atomic E-state index is 0.145. The molecule has 0 aliphatic heterocycles. The summed E-state index contributed by atoms with van der Waals surface area (Å²) < 4.78 is 5.05. The summed E-state index contributed by atoms with van der Waals surface area (Å²) in [4.78, 5) is 8.37. The number of hydrogen-bond donors (Lipinski definition) is 1. The highest BCUT2D eigenvalue weighted by Crippen LogP contribution is 2.22. The normalized spacial score (nSPS) is 11.2. The topological polar surface area (TPSA) is 47.0 Å². The molecule has 0 aliphatic rings. The summed E-state index contributed by atoms with van der Waals surface area (Å²) in [7, 11) is 1.58. The van der Waals surface area contributed by atoms with Crippen LogP contribution >= 0.6 is 11.6 Å². The summed E-state index contributed by atoms with van der Waals surface area (Å²) in [5.74, 6) is 1.64. The second kappa shape index (κ2) is 5.89. The molecular weight excluding hydrogens is 226 g/mol. The van der Waals surface area contributed by atoms with Crippen molar-refractivity contribution in [1.29, 1.82) is 0 Å². The predicted octanol–water partition coefficient (Wildman–Crippen LogP) is 2.69. The molecule has 5 heteroatoms. The summed E-state index contributed by atoms with van der Waals surface area (Å²) in [6, 6.07) is 1.71. The highest BCUT2D eigenvalue weighted by Gasteiger charge is 2.25. The molecule has 1 heterocycles. The van der Waals surface area contributed by atoms with Gasteiger partial charge in [0.15, 0.2) is 0 Å². The molecule has 0 saturated heterocycles. The molecule has 0 unspecified atom stereocenters. The Kier molecular flexibility index (Phi) is 4.80. The van der Waals surface area contributed by atoms with Crippen LogP contribution in [0.3, 0.4) is 0 Å². The number of nitrogens with one attached hydrogen (secondary N) is 1. The zero-order valence-electron chi connectivity index (χ0n) is 9.96. The van der Waals surface area contributed by atoms with Gasteiger partial charge in [-0.3, -0.25) is 0 Å². The number of anilines is 1. The summed E-state index contributed by atoms with van der Waals surface area (Å²) in [5.41, 5.74) is -0.145. The highest BCUT2D eigenvalue weighted by molar-refractivity contribution is 6.18. The SMILES string of the molecule is CCC(CC)(CCl)Nc1nccc(OC)n1. The van der Waals surface area contributed by atoms with Gasteiger partial charge in [-0.05, 0) is 12.8 Å². The molecule has 0 spiro atoms. The fraction of sp³-hybridized carbons (Fsp3) is 0.636. The molecule has 1 N–H and O–H groups in total. The number of methoxy groups -OCH3 is 1. The van der Waals surface area contributed by atoms with Gasteiger partial charge in [0.05, 0.1) is 12.6 Å². The van der Waals surface area contributed by atoms with Crippen molar-refractivity contribution in [3.63, 3.8) is 0 Å². The van der Waals surface area contributed by atoms with E-state index in [1.165, 1.54) is 0 Å². The van der Waals surface area contributed by atoms with Crippen molar-refractivity contribution in [2.45, 2.75) is 32.2 Å². The number of ether oxygens (including phenoxy) is 1. The number of aromatic nitrogens is 2. The van der Waals surface area contributed by atoms with E-state index in [-0.39, 0.29) is 5.54 Å². The molecule has 16 heavy (non-hydrogen) atoms. The first-order valence-electron chi connectivity index (χ1n) is 5.41. The van der Waals surface area contributed by atoms with Crippen LogP contribution in [0.2, 0.25) is 0 Å². The monoisotopic (exact) mass is 243 g/mol. The van der Waals surface area contributed by atoms with Crippen LogP contribution in [0.5, 0.6) is 5.88 Å². The lowest BCUT2D eigenvalue weighted by molar-refractivity contribution is 0.396. The van der Waals surface area contributed by atoms with Crippen LogP contribution in [0.4, 0.5) is 5.95 Å². The van der Waals surface area contributed by atoms with E-state index in [1.807, 2.05) is 0 Å². The fourth-order valence-corrected chi connectivity index (χ4v) is 1.85. The average Bonchev–Trinajstić information content (AvgIpc) is 2.36. The minimum Gasteiger partial charge on any atom is -0.481 e. The molecule has 0 fully saturated rings. The number of nitrogens with zero attached hydrogens (tertiary/aromatic N) is 2. The lowest BCUT2D eigenvalue weighted by Gasteiger charge is -2.30. The number of hydrogen-bond acceptors (Lipinski definition) is 4. The van der Waals surface area contributed by atoms with Gasteiger partial charge in [0, 0.05) is 18.1 Å². The van der Waals surface area contributed by atoms with E-state index in [2.05, 4.69) is 29.1 Å². The quantitative estimate of drug-likeness (QED) is 0.781. The lowest BCUT2D eigenvalue weighted by Crippen LogP contribution is -2.39. The van der Waals surface area contributed by atoms with Gasteiger partial charge in [-0.2, -0.15) is 4.98 Å². The largest absolute Gasteiger partial charge is 0.481 e. The molecule has 0 saturated carbocycles. The molecule has 1 aromatic rings. The fourth-order valence-electron chi connectivity index (χ4n) is 1.40. The van der Waals surface area contributed by atoms with Crippen LogP contribution < -0.4 is 10.1 Å². The van der Waals surface area contributed by atoms with Crippen LogP contribution in [0.15, 0.2) is 12.3 Å². The zero-order chi connectivity index (χ0) is 12.0. The Labute approximate surface area is 101 Å². The molecular formula is C11H18ClN3O. The van der Waals surface area contributed by atoms with Gasteiger partial charge in [0.1, 0.15) is 0 Å². The van der Waals surface area contributed by atoms with Gasteiger partial charge in [-0.25, -0.2) is 4.98 Å². The van der Waals surface area contributed by atoms with Crippen molar-refractivity contribution < 1.29 is 4.74 Å². The molecule has 90 valence electrons. The van der Waals surface area contributed by atoms with Gasteiger partial charge in [-0.1, -0.05) is 13.8 Å². The molecule has 0 aliphatic carbocycles. The maximum Gasteiger partial charge on any atom is 0.226 e. The molecule has 0 aromatic carbocycles. The maximum absolute atomic E-state index is 6.00. The zero-order valence-corrected chi connectivity index (χ0v) is 10.7. The Balaban J connectivity index is 2.84. The molecule has 0 bridgehead atoms. The van der Waals surface area contributed by atoms with Crippen molar-refractivity contribution in [1.82, 2.24) is 9.97 Å².